The van der Waals surface area contributed by atoms with Gasteiger partial charge in [-0.15, -0.1) is 5.10 Å². The van der Waals surface area contributed by atoms with E-state index in [0.717, 1.165) is 5.56 Å². The number of aromatic nitrogens is 3. The van der Waals surface area contributed by atoms with Gasteiger partial charge in [-0.05, 0) is 42.0 Å². The molecule has 0 bridgehead atoms. The number of hydrogen-bond acceptors (Lipinski definition) is 5. The molecule has 0 aliphatic heterocycles. The molecule has 0 aliphatic rings. The molecule has 0 radical (unpaired) electrons. The van der Waals surface area contributed by atoms with Crippen LogP contribution < -0.4 is 5.32 Å². The summed E-state index contributed by atoms with van der Waals surface area (Å²) in [4.78, 5) is 17.2. The maximum absolute atomic E-state index is 13.1. The Labute approximate surface area is 154 Å². The van der Waals surface area contributed by atoms with Crippen molar-refractivity contribution in [2.75, 3.05) is 5.32 Å². The fourth-order valence-corrected chi connectivity index (χ4v) is 2.56. The summed E-state index contributed by atoms with van der Waals surface area (Å²) in [5, 5.41) is 7.38. The molecule has 0 aliphatic carbocycles. The smallest absolute Gasteiger partial charge is 0.281 e. The molecular weight excluding hydrogens is 347 g/mol. The van der Waals surface area contributed by atoms with E-state index in [1.165, 1.54) is 23.1 Å². The van der Waals surface area contributed by atoms with Gasteiger partial charge in [0.05, 0.1) is 6.26 Å². The lowest BCUT2D eigenvalue weighted by atomic mass is 10.2. The first-order valence-electron chi connectivity index (χ1n) is 8.30. The van der Waals surface area contributed by atoms with Gasteiger partial charge in [-0.2, -0.15) is 9.67 Å². The largest absolute Gasteiger partial charge is 0.461 e. The summed E-state index contributed by atoms with van der Waals surface area (Å²) >= 11 is 0. The highest BCUT2D eigenvalue weighted by Gasteiger charge is 2.19. The Morgan fingerprint density at radius 1 is 1.04 bits per heavy atom. The van der Waals surface area contributed by atoms with E-state index < -0.39 is 0 Å². The number of benzene rings is 2. The van der Waals surface area contributed by atoms with Crippen molar-refractivity contribution in [1.29, 1.82) is 0 Å². The molecule has 7 heteroatoms. The van der Waals surface area contributed by atoms with E-state index in [2.05, 4.69) is 15.4 Å². The van der Waals surface area contributed by atoms with Crippen LogP contribution in [0.3, 0.4) is 0 Å². The molecule has 27 heavy (non-hydrogen) atoms. The first-order chi connectivity index (χ1) is 13.2. The highest BCUT2D eigenvalue weighted by atomic mass is 19.1. The van der Waals surface area contributed by atoms with Crippen LogP contribution >= 0.6 is 0 Å². The molecule has 1 N–H and O–H groups in total. The topological polar surface area (TPSA) is 73.0 Å². The molecule has 4 aromatic rings. The summed E-state index contributed by atoms with van der Waals surface area (Å²) in [6.07, 6.45) is 1.51. The van der Waals surface area contributed by atoms with Gasteiger partial charge in [0, 0.05) is 12.1 Å². The fourth-order valence-electron chi connectivity index (χ4n) is 2.56. The Morgan fingerprint density at radius 2 is 1.81 bits per heavy atom. The third-order valence-electron chi connectivity index (χ3n) is 3.93. The van der Waals surface area contributed by atoms with E-state index in [0.29, 0.717) is 23.7 Å². The highest BCUT2D eigenvalue weighted by molar-refractivity contribution is 5.97. The first-order valence-corrected chi connectivity index (χ1v) is 8.30. The van der Waals surface area contributed by atoms with Gasteiger partial charge >= 0.3 is 0 Å². The molecule has 0 spiro atoms. The fraction of sp³-hybridized carbons (Fsp3) is 0.0500. The van der Waals surface area contributed by atoms with E-state index in [1.807, 2.05) is 6.07 Å². The van der Waals surface area contributed by atoms with Crippen LogP contribution in [0.15, 0.2) is 77.4 Å². The summed E-state index contributed by atoms with van der Waals surface area (Å²) in [6, 6.07) is 18.3. The zero-order valence-corrected chi connectivity index (χ0v) is 14.2. The number of hydrogen-bond donors (Lipinski definition) is 1. The Kier molecular flexibility index (Phi) is 4.49. The lowest BCUT2D eigenvalue weighted by Crippen LogP contribution is -2.17. The summed E-state index contributed by atoms with van der Waals surface area (Å²) < 4.78 is 19.6. The first kappa shape index (κ1) is 16.7. The summed E-state index contributed by atoms with van der Waals surface area (Å²) in [6.45, 7) is 0.360. The second-order valence-corrected chi connectivity index (χ2v) is 5.80. The standard InChI is InChI=1S/C20H15FN4O2/c21-16-10-8-14(9-11-16)13-22-20-23-18(17-7-4-12-27-17)24-25(20)19(26)15-5-2-1-3-6-15/h1-12H,13H2,(H,22,23,24). The van der Waals surface area contributed by atoms with Gasteiger partial charge in [0.2, 0.25) is 11.8 Å². The number of nitrogens with zero attached hydrogens (tertiary/aromatic N) is 3. The van der Waals surface area contributed by atoms with Crippen LogP contribution in [0, 0.1) is 5.82 Å². The minimum atomic E-state index is -0.317. The molecule has 2 aromatic heterocycles. The molecule has 2 heterocycles. The van der Waals surface area contributed by atoms with Crippen molar-refractivity contribution in [3.63, 3.8) is 0 Å². The van der Waals surface area contributed by atoms with Crippen molar-refractivity contribution >= 4 is 11.9 Å². The SMILES string of the molecule is O=C(c1ccccc1)n1nc(-c2ccco2)nc1NCc1ccc(F)cc1. The minimum absolute atomic E-state index is 0.277. The number of furan rings is 1. The third kappa shape index (κ3) is 3.62. The van der Waals surface area contributed by atoms with Crippen molar-refractivity contribution in [2.24, 2.45) is 0 Å². The second-order valence-electron chi connectivity index (χ2n) is 5.80. The van der Waals surface area contributed by atoms with Crippen LogP contribution in [0.1, 0.15) is 15.9 Å². The van der Waals surface area contributed by atoms with Crippen molar-refractivity contribution in [3.8, 4) is 11.6 Å². The number of rotatable bonds is 5. The molecule has 134 valence electrons. The average Bonchev–Trinajstić information content (AvgIpc) is 3.37. The van der Waals surface area contributed by atoms with E-state index >= 15 is 0 Å². The molecule has 6 nitrogen and oxygen atoms in total. The van der Waals surface area contributed by atoms with Gasteiger partial charge < -0.3 is 9.73 Å². The molecule has 0 unspecified atom stereocenters. The van der Waals surface area contributed by atoms with E-state index in [1.54, 1.807) is 48.5 Å². The minimum Gasteiger partial charge on any atom is -0.461 e. The summed E-state index contributed by atoms with van der Waals surface area (Å²) in [7, 11) is 0. The molecular formula is C20H15FN4O2. The number of carbonyl (C=O) groups excluding carboxylic acids is 1. The number of nitrogens with one attached hydrogen (secondary N) is 1. The molecule has 0 saturated heterocycles. The van der Waals surface area contributed by atoms with Crippen molar-refractivity contribution in [2.45, 2.75) is 6.54 Å². The maximum Gasteiger partial charge on any atom is 0.281 e. The van der Waals surface area contributed by atoms with Crippen molar-refractivity contribution in [3.05, 3.63) is 89.9 Å². The Balaban J connectivity index is 1.66. The van der Waals surface area contributed by atoms with Crippen LogP contribution in [-0.2, 0) is 6.54 Å². The van der Waals surface area contributed by atoms with Crippen molar-refractivity contribution in [1.82, 2.24) is 14.8 Å². The normalized spacial score (nSPS) is 10.7. The maximum atomic E-state index is 13.1. The molecule has 0 saturated carbocycles. The molecule has 0 fully saturated rings. The second kappa shape index (κ2) is 7.25. The number of carbonyl (C=O) groups is 1. The zero-order valence-electron chi connectivity index (χ0n) is 14.2. The van der Waals surface area contributed by atoms with Crippen LogP contribution in [0.25, 0.3) is 11.6 Å². The van der Waals surface area contributed by atoms with Crippen LogP contribution in [0.2, 0.25) is 0 Å². The lowest BCUT2D eigenvalue weighted by molar-refractivity contribution is 0.0947. The number of anilines is 1. The quantitative estimate of drug-likeness (QED) is 0.581. The molecule has 2 aromatic carbocycles. The predicted octanol–water partition coefficient (Wildman–Crippen LogP) is 3.98. The monoisotopic (exact) mass is 362 g/mol. The predicted molar refractivity (Wildman–Crippen MR) is 97.6 cm³/mol. The van der Waals surface area contributed by atoms with Gasteiger partial charge in [0.15, 0.2) is 5.76 Å². The van der Waals surface area contributed by atoms with Gasteiger partial charge in [0.25, 0.3) is 5.91 Å². The van der Waals surface area contributed by atoms with Crippen LogP contribution in [0.5, 0.6) is 0 Å². The highest BCUT2D eigenvalue weighted by Crippen LogP contribution is 2.20. The van der Waals surface area contributed by atoms with Crippen LogP contribution in [-0.4, -0.2) is 20.7 Å². The van der Waals surface area contributed by atoms with Gasteiger partial charge in [-0.3, -0.25) is 4.79 Å². The third-order valence-corrected chi connectivity index (χ3v) is 3.93. The molecule has 0 atom stereocenters. The summed E-state index contributed by atoms with van der Waals surface area (Å²) in [5.74, 6) is 0.411. The Bertz CT molecular complexity index is 1040. The van der Waals surface area contributed by atoms with E-state index in [9.17, 15) is 9.18 Å². The molecule has 0 amide bonds. The van der Waals surface area contributed by atoms with Gasteiger partial charge in [-0.25, -0.2) is 4.39 Å². The summed E-state index contributed by atoms with van der Waals surface area (Å²) in [5.41, 5.74) is 1.33. The van der Waals surface area contributed by atoms with Gasteiger partial charge in [-0.1, -0.05) is 30.3 Å². The Morgan fingerprint density at radius 3 is 2.52 bits per heavy atom. The average molecular weight is 362 g/mol. The van der Waals surface area contributed by atoms with E-state index in [4.69, 9.17) is 4.42 Å². The van der Waals surface area contributed by atoms with Gasteiger partial charge in [0.1, 0.15) is 5.82 Å². The van der Waals surface area contributed by atoms with E-state index in [-0.39, 0.29) is 17.7 Å². The number of halogens is 1. The van der Waals surface area contributed by atoms with Crippen LogP contribution in [0.4, 0.5) is 10.3 Å². The lowest BCUT2D eigenvalue weighted by Gasteiger charge is -2.07. The zero-order chi connectivity index (χ0) is 18.6. The van der Waals surface area contributed by atoms with Crippen molar-refractivity contribution < 1.29 is 13.6 Å². The molecule has 4 rings (SSSR count). The Hall–Kier alpha value is -3.74.